The van der Waals surface area contributed by atoms with Crippen LogP contribution in [0.1, 0.15) is 30.5 Å². The average Bonchev–Trinajstić information content (AvgIpc) is 2.79. The second-order valence-electron chi connectivity index (χ2n) is 6.09. The van der Waals surface area contributed by atoms with E-state index < -0.39 is 5.41 Å². The number of aryl methyl sites for hydroxylation is 1. The molecular formula is C18H14Cl2N4. The van der Waals surface area contributed by atoms with Gasteiger partial charge in [0.15, 0.2) is 0 Å². The molecular weight excluding hydrogens is 343 g/mol. The zero-order chi connectivity index (χ0) is 17.5. The van der Waals surface area contributed by atoms with E-state index in [1.54, 1.807) is 12.4 Å². The summed E-state index contributed by atoms with van der Waals surface area (Å²) in [4.78, 5) is 12.7. The normalized spacial score (nSPS) is 16.1. The fraction of sp³-hybridized carbons (Fsp3) is 0.222. The second-order valence-corrected chi connectivity index (χ2v) is 6.84. The number of rotatable bonds is 2. The zero-order valence-corrected chi connectivity index (χ0v) is 14.9. The molecule has 6 heteroatoms. The van der Waals surface area contributed by atoms with Gasteiger partial charge in [0.05, 0.1) is 23.1 Å². The maximum atomic E-state index is 9.71. The topological polar surface area (TPSA) is 61.9 Å². The number of halogens is 2. The molecule has 0 unspecified atom stereocenters. The molecule has 0 spiro atoms. The van der Waals surface area contributed by atoms with E-state index in [0.717, 1.165) is 16.8 Å². The molecule has 120 valence electrons. The van der Waals surface area contributed by atoms with E-state index in [4.69, 9.17) is 28.2 Å². The van der Waals surface area contributed by atoms with Gasteiger partial charge in [-0.3, -0.25) is 0 Å². The van der Waals surface area contributed by atoms with Crippen molar-refractivity contribution in [1.82, 2.24) is 9.97 Å². The molecule has 1 aromatic heterocycles. The van der Waals surface area contributed by atoms with Crippen LogP contribution in [-0.4, -0.2) is 15.7 Å². The molecule has 2 aromatic rings. The summed E-state index contributed by atoms with van der Waals surface area (Å²) in [5, 5.41) is 10.5. The molecule has 0 N–H and O–H groups in total. The Labute approximate surface area is 150 Å². The summed E-state index contributed by atoms with van der Waals surface area (Å²) in [6, 6.07) is 8.00. The molecule has 0 bridgehead atoms. The van der Waals surface area contributed by atoms with Crippen LogP contribution in [-0.2, 0) is 0 Å². The van der Waals surface area contributed by atoms with Gasteiger partial charge in [-0.1, -0.05) is 23.7 Å². The van der Waals surface area contributed by atoms with Crippen LogP contribution < -0.4 is 0 Å². The lowest BCUT2D eigenvalue weighted by Gasteiger charge is -2.23. The first-order chi connectivity index (χ1) is 11.4. The fourth-order valence-corrected chi connectivity index (χ4v) is 3.27. The first-order valence-corrected chi connectivity index (χ1v) is 8.09. The van der Waals surface area contributed by atoms with Crippen molar-refractivity contribution >= 4 is 34.6 Å². The van der Waals surface area contributed by atoms with Crippen molar-refractivity contribution in [3.8, 4) is 6.07 Å². The first kappa shape index (κ1) is 16.6. The highest BCUT2D eigenvalue weighted by molar-refractivity contribution is 6.35. The Kier molecular flexibility index (Phi) is 4.16. The summed E-state index contributed by atoms with van der Waals surface area (Å²) in [6.07, 6.45) is 3.15. The summed E-state index contributed by atoms with van der Waals surface area (Å²) in [5.74, 6) is 0. The van der Waals surface area contributed by atoms with Gasteiger partial charge in [-0.15, -0.1) is 0 Å². The minimum Gasteiger partial charge on any atom is -0.250 e. The van der Waals surface area contributed by atoms with Crippen molar-refractivity contribution in [3.05, 3.63) is 63.2 Å². The molecule has 1 aliphatic rings. The lowest BCUT2D eigenvalue weighted by Crippen LogP contribution is -2.25. The van der Waals surface area contributed by atoms with Crippen molar-refractivity contribution in [2.45, 2.75) is 20.8 Å². The van der Waals surface area contributed by atoms with E-state index >= 15 is 0 Å². The molecule has 0 saturated heterocycles. The molecule has 0 radical (unpaired) electrons. The van der Waals surface area contributed by atoms with Gasteiger partial charge in [-0.25, -0.2) is 15.0 Å². The number of aromatic nitrogens is 2. The summed E-state index contributed by atoms with van der Waals surface area (Å²) in [6.45, 7) is 5.92. The van der Waals surface area contributed by atoms with Crippen LogP contribution in [0.2, 0.25) is 10.3 Å². The molecule has 0 saturated carbocycles. The van der Waals surface area contributed by atoms with E-state index in [0.29, 0.717) is 21.9 Å². The molecule has 0 aliphatic carbocycles. The zero-order valence-electron chi connectivity index (χ0n) is 13.4. The largest absolute Gasteiger partial charge is 0.250 e. The third-order valence-corrected chi connectivity index (χ3v) is 4.65. The molecule has 0 fully saturated rings. The van der Waals surface area contributed by atoms with Gasteiger partial charge in [0.1, 0.15) is 0 Å². The van der Waals surface area contributed by atoms with Crippen LogP contribution in [0, 0.1) is 23.7 Å². The van der Waals surface area contributed by atoms with Crippen molar-refractivity contribution in [2.75, 3.05) is 0 Å². The van der Waals surface area contributed by atoms with Gasteiger partial charge in [-0.05, 0) is 44.0 Å². The summed E-state index contributed by atoms with van der Waals surface area (Å²) in [7, 11) is 0. The highest BCUT2D eigenvalue weighted by atomic mass is 35.5. The summed E-state index contributed by atoms with van der Waals surface area (Å²) in [5.41, 5.74) is 3.86. The van der Waals surface area contributed by atoms with Crippen LogP contribution in [0.15, 0.2) is 41.2 Å². The smallest absolute Gasteiger partial charge is 0.222 e. The Morgan fingerprint density at radius 2 is 1.79 bits per heavy atom. The lowest BCUT2D eigenvalue weighted by molar-refractivity contribution is 0.662. The molecule has 3 rings (SSSR count). The molecule has 0 amide bonds. The van der Waals surface area contributed by atoms with Gasteiger partial charge in [0.2, 0.25) is 5.28 Å². The van der Waals surface area contributed by atoms with Gasteiger partial charge >= 0.3 is 0 Å². The maximum Gasteiger partial charge on any atom is 0.222 e. The van der Waals surface area contributed by atoms with Gasteiger partial charge in [0, 0.05) is 34.0 Å². The van der Waals surface area contributed by atoms with Crippen molar-refractivity contribution in [2.24, 2.45) is 10.4 Å². The number of nitriles is 1. The van der Waals surface area contributed by atoms with Crippen molar-refractivity contribution in [1.29, 1.82) is 5.26 Å². The minimum absolute atomic E-state index is 0.154. The van der Waals surface area contributed by atoms with Gasteiger partial charge in [-0.2, -0.15) is 5.26 Å². The highest BCUT2D eigenvalue weighted by Crippen LogP contribution is 2.44. The van der Waals surface area contributed by atoms with Crippen LogP contribution in [0.25, 0.3) is 5.70 Å². The minimum atomic E-state index is -0.570. The summed E-state index contributed by atoms with van der Waals surface area (Å²) < 4.78 is 0. The lowest BCUT2D eigenvalue weighted by atomic mass is 9.77. The van der Waals surface area contributed by atoms with E-state index in [9.17, 15) is 5.26 Å². The van der Waals surface area contributed by atoms with E-state index in [-0.39, 0.29) is 5.28 Å². The van der Waals surface area contributed by atoms with Crippen LogP contribution in [0.5, 0.6) is 0 Å². The number of allylic oxidation sites excluding steroid dienone is 1. The fourth-order valence-electron chi connectivity index (χ4n) is 2.86. The molecule has 2 heterocycles. The Bertz CT molecular complexity index is 899. The summed E-state index contributed by atoms with van der Waals surface area (Å²) >= 11 is 12.2. The standard InChI is InChI=1S/C18H14Cl2N4/c1-10-5-4-6-13(19)14(10)16-18(2,3)12(7-21)15(24-16)11-8-22-17(20)23-9-11/h4-6,8-9H,1-3H3. The van der Waals surface area contributed by atoms with Crippen LogP contribution in [0.3, 0.4) is 0 Å². The highest BCUT2D eigenvalue weighted by Gasteiger charge is 2.40. The molecule has 4 nitrogen and oxygen atoms in total. The number of benzene rings is 1. The Hall–Kier alpha value is -2.22. The quantitative estimate of drug-likeness (QED) is 0.722. The number of aliphatic imine (C=N–C) groups is 1. The third kappa shape index (κ3) is 2.60. The second kappa shape index (κ2) is 6.01. The Morgan fingerprint density at radius 1 is 1.12 bits per heavy atom. The maximum absolute atomic E-state index is 9.71. The van der Waals surface area contributed by atoms with Crippen molar-refractivity contribution in [3.63, 3.8) is 0 Å². The van der Waals surface area contributed by atoms with Gasteiger partial charge in [0.25, 0.3) is 0 Å². The van der Waals surface area contributed by atoms with E-state index in [2.05, 4.69) is 16.0 Å². The number of nitrogens with zero attached hydrogens (tertiary/aromatic N) is 4. The van der Waals surface area contributed by atoms with Crippen molar-refractivity contribution < 1.29 is 0 Å². The predicted molar refractivity (Wildman–Crippen MR) is 96.1 cm³/mol. The number of hydrogen-bond donors (Lipinski definition) is 0. The Morgan fingerprint density at radius 3 is 2.38 bits per heavy atom. The third-order valence-electron chi connectivity index (χ3n) is 4.14. The Balaban J connectivity index is 2.23. The van der Waals surface area contributed by atoms with E-state index in [1.807, 2.05) is 39.0 Å². The monoisotopic (exact) mass is 356 g/mol. The van der Waals surface area contributed by atoms with Crippen LogP contribution in [0.4, 0.5) is 0 Å². The van der Waals surface area contributed by atoms with E-state index in [1.165, 1.54) is 0 Å². The molecule has 1 aliphatic heterocycles. The first-order valence-electron chi connectivity index (χ1n) is 7.33. The van der Waals surface area contributed by atoms with Gasteiger partial charge < -0.3 is 0 Å². The average molecular weight is 357 g/mol. The predicted octanol–water partition coefficient (Wildman–Crippen LogP) is 4.86. The SMILES string of the molecule is Cc1cccc(Cl)c1C1=NC(c2cnc(Cl)nc2)=C(C#N)C1(C)C. The molecule has 1 aromatic carbocycles. The number of hydrogen-bond acceptors (Lipinski definition) is 4. The van der Waals surface area contributed by atoms with Crippen LogP contribution >= 0.6 is 23.2 Å². The molecule has 24 heavy (non-hydrogen) atoms. The molecule has 0 atom stereocenters.